The molecule has 0 unspecified atom stereocenters. The lowest BCUT2D eigenvalue weighted by molar-refractivity contribution is 0.0815. The molecule has 2 aliphatic heterocycles. The Hall–Kier alpha value is -6.10. The number of anilines is 2. The van der Waals surface area contributed by atoms with E-state index in [0.717, 1.165) is 159 Å². The molecule has 4 atom stereocenters. The molecule has 6 aromatic heterocycles. The van der Waals surface area contributed by atoms with Crippen LogP contribution in [0.15, 0.2) is 49.1 Å². The van der Waals surface area contributed by atoms with Gasteiger partial charge in [-0.1, -0.05) is 0 Å². The molecule has 0 radical (unpaired) electrons. The Morgan fingerprint density at radius 1 is 0.562 bits per heavy atom. The number of methoxy groups -OCH3 is 2. The maximum Gasteiger partial charge on any atom is 0.225 e. The van der Waals surface area contributed by atoms with Gasteiger partial charge in [0.05, 0.1) is 59.2 Å². The molecule has 2 saturated heterocycles. The normalized spacial score (nSPS) is 21.8. The Morgan fingerprint density at radius 2 is 0.984 bits per heavy atom. The summed E-state index contributed by atoms with van der Waals surface area (Å²) in [5, 5.41) is 18.6. The molecular weight excluding hydrogens is 805 g/mol. The van der Waals surface area contributed by atoms with Gasteiger partial charge in [-0.05, 0) is 102 Å². The van der Waals surface area contributed by atoms with Crippen LogP contribution in [-0.2, 0) is 22.3 Å². The second kappa shape index (κ2) is 19.3. The molecule has 16 heteroatoms. The molecule has 0 aromatic carbocycles. The van der Waals surface area contributed by atoms with Crippen LogP contribution in [0.4, 0.5) is 11.9 Å². The van der Waals surface area contributed by atoms with Crippen LogP contribution in [0.2, 0.25) is 0 Å². The van der Waals surface area contributed by atoms with E-state index < -0.39 is 0 Å². The first kappa shape index (κ1) is 43.2. The van der Waals surface area contributed by atoms with Gasteiger partial charge >= 0.3 is 0 Å². The van der Waals surface area contributed by atoms with Gasteiger partial charge in [-0.15, -0.1) is 0 Å². The summed E-state index contributed by atoms with van der Waals surface area (Å²) >= 11 is 0. The smallest absolute Gasteiger partial charge is 0.225 e. The standard InChI is InChI=1S/2C24H29N7O/c2*1-16-28-22-15-27-19(13-23(22)31(16)20-4-3-17(11-20)14-25)12-18-5-8-26-24(29-18)30-9-6-21(32-2)7-10-30/h2*5,8,13,15,17,20-21H,3-4,6-7,9-12H2,1-2H3/t17-,20+;17-,20-/m00/s1. The largest absolute Gasteiger partial charge is 0.381 e. The van der Waals surface area contributed by atoms with Crippen LogP contribution in [0.25, 0.3) is 22.1 Å². The number of fused-ring (bicyclic) bond motifs is 2. The number of nitrogens with zero attached hydrogens (tertiary/aromatic N) is 14. The number of hydrogen-bond donors (Lipinski definition) is 0. The third kappa shape index (κ3) is 9.40. The predicted molar refractivity (Wildman–Crippen MR) is 243 cm³/mol. The van der Waals surface area contributed by atoms with E-state index in [1.54, 1.807) is 14.2 Å². The van der Waals surface area contributed by atoms with Crippen molar-refractivity contribution in [2.45, 2.75) is 115 Å². The predicted octanol–water partition coefficient (Wildman–Crippen LogP) is 7.20. The minimum atomic E-state index is 0.145. The van der Waals surface area contributed by atoms with Crippen LogP contribution in [0, 0.1) is 48.3 Å². The van der Waals surface area contributed by atoms with E-state index in [2.05, 4.69) is 63.1 Å². The maximum atomic E-state index is 9.31. The molecule has 6 aromatic rings. The van der Waals surface area contributed by atoms with Crippen molar-refractivity contribution >= 4 is 34.0 Å². The van der Waals surface area contributed by atoms with Gasteiger partial charge < -0.3 is 28.4 Å². The van der Waals surface area contributed by atoms with E-state index in [-0.39, 0.29) is 11.8 Å². The molecule has 4 aliphatic rings. The lowest BCUT2D eigenvalue weighted by Gasteiger charge is -2.31. The fourth-order valence-corrected chi connectivity index (χ4v) is 10.3. The zero-order valence-electron chi connectivity index (χ0n) is 37.5. The van der Waals surface area contributed by atoms with E-state index in [1.807, 2.05) is 50.8 Å². The molecule has 8 heterocycles. The number of piperidine rings is 2. The Morgan fingerprint density at radius 3 is 1.36 bits per heavy atom. The Kier molecular flexibility index (Phi) is 13.0. The van der Waals surface area contributed by atoms with Crippen LogP contribution in [0.3, 0.4) is 0 Å². The highest BCUT2D eigenvalue weighted by Crippen LogP contribution is 2.38. The zero-order chi connectivity index (χ0) is 44.2. The molecule has 2 aliphatic carbocycles. The molecule has 0 bridgehead atoms. The van der Waals surface area contributed by atoms with Crippen molar-refractivity contribution in [1.29, 1.82) is 10.5 Å². The number of imidazole rings is 2. The topological polar surface area (TPSA) is 186 Å². The molecule has 64 heavy (non-hydrogen) atoms. The zero-order valence-corrected chi connectivity index (χ0v) is 37.5. The third-order valence-corrected chi connectivity index (χ3v) is 13.8. The third-order valence-electron chi connectivity index (χ3n) is 13.8. The monoisotopic (exact) mass is 862 g/mol. The van der Waals surface area contributed by atoms with E-state index in [1.165, 1.54) is 0 Å². The van der Waals surface area contributed by atoms with Gasteiger partial charge in [-0.3, -0.25) is 9.97 Å². The first-order valence-electron chi connectivity index (χ1n) is 22.9. The number of pyridine rings is 2. The summed E-state index contributed by atoms with van der Waals surface area (Å²) in [5.74, 6) is 3.84. The number of aryl methyl sites for hydroxylation is 2. The van der Waals surface area contributed by atoms with Crippen LogP contribution in [0.5, 0.6) is 0 Å². The van der Waals surface area contributed by atoms with Crippen LogP contribution in [0.1, 0.15) is 111 Å². The summed E-state index contributed by atoms with van der Waals surface area (Å²) in [6.07, 6.45) is 19.1. The quantitative estimate of drug-likeness (QED) is 0.135. The van der Waals surface area contributed by atoms with Crippen molar-refractivity contribution in [3.05, 3.63) is 83.5 Å². The molecule has 332 valence electrons. The lowest BCUT2D eigenvalue weighted by Crippen LogP contribution is -2.37. The molecule has 10 rings (SSSR count). The number of rotatable bonds is 10. The van der Waals surface area contributed by atoms with E-state index in [9.17, 15) is 10.5 Å². The van der Waals surface area contributed by atoms with Gasteiger partial charge in [0.15, 0.2) is 0 Å². The van der Waals surface area contributed by atoms with Gasteiger partial charge in [0, 0.05) is 101 Å². The highest BCUT2D eigenvalue weighted by molar-refractivity contribution is 5.76. The fraction of sp³-hybridized carbons (Fsp3) is 0.542. The van der Waals surface area contributed by atoms with Gasteiger partial charge in [-0.2, -0.15) is 10.5 Å². The van der Waals surface area contributed by atoms with Gasteiger partial charge in [-0.25, -0.2) is 29.9 Å². The fourth-order valence-electron chi connectivity index (χ4n) is 10.3. The van der Waals surface area contributed by atoms with E-state index in [4.69, 9.17) is 29.4 Å². The molecule has 0 amide bonds. The van der Waals surface area contributed by atoms with Crippen molar-refractivity contribution in [3.8, 4) is 12.1 Å². The molecule has 0 spiro atoms. The SMILES string of the molecule is COC1CCN(c2nccc(Cc3cc4c(cn3)nc(C)n4[C@@H]3CC[C@H](C#N)C3)n2)CC1.COC1CCN(c2nccc(Cc3cc4c(cn3)nc(C)n4[C@H]3CC[C@H](C#N)C3)n2)CC1. The summed E-state index contributed by atoms with van der Waals surface area (Å²) in [4.78, 5) is 41.9. The Bertz CT molecular complexity index is 2470. The second-order valence-electron chi connectivity index (χ2n) is 17.9. The summed E-state index contributed by atoms with van der Waals surface area (Å²) in [6.45, 7) is 7.74. The second-order valence-corrected chi connectivity index (χ2v) is 17.9. The first-order valence-corrected chi connectivity index (χ1v) is 22.9. The van der Waals surface area contributed by atoms with Gasteiger partial charge in [0.25, 0.3) is 0 Å². The maximum absolute atomic E-state index is 9.31. The van der Waals surface area contributed by atoms with Crippen LogP contribution >= 0.6 is 0 Å². The lowest BCUT2D eigenvalue weighted by atomic mass is 10.1. The average molecular weight is 863 g/mol. The van der Waals surface area contributed by atoms with Crippen molar-refractivity contribution < 1.29 is 9.47 Å². The van der Waals surface area contributed by atoms with Crippen LogP contribution < -0.4 is 9.80 Å². The highest BCUT2D eigenvalue weighted by atomic mass is 16.5. The molecule has 2 saturated carbocycles. The summed E-state index contributed by atoms with van der Waals surface area (Å²) in [7, 11) is 3.56. The first-order chi connectivity index (χ1) is 31.3. The Labute approximate surface area is 374 Å². The van der Waals surface area contributed by atoms with Crippen molar-refractivity contribution in [2.24, 2.45) is 11.8 Å². The minimum Gasteiger partial charge on any atom is -0.381 e. The minimum absolute atomic E-state index is 0.145. The van der Waals surface area contributed by atoms with Crippen molar-refractivity contribution in [1.82, 2.24) is 49.0 Å². The van der Waals surface area contributed by atoms with Gasteiger partial charge in [0.2, 0.25) is 11.9 Å². The summed E-state index contributed by atoms with van der Waals surface area (Å²) in [5.41, 5.74) is 7.89. The molecular formula is C48H58N14O2. The van der Waals surface area contributed by atoms with Crippen molar-refractivity contribution in [3.63, 3.8) is 0 Å². The summed E-state index contributed by atoms with van der Waals surface area (Å²) < 4.78 is 15.6. The molecule has 4 fully saturated rings. The Balaban J connectivity index is 0.000000162. The van der Waals surface area contributed by atoms with Crippen molar-refractivity contribution in [2.75, 3.05) is 50.2 Å². The molecule has 0 N–H and O–H groups in total. The number of ether oxygens (including phenoxy) is 2. The number of aromatic nitrogens is 10. The van der Waals surface area contributed by atoms with E-state index >= 15 is 0 Å². The summed E-state index contributed by atoms with van der Waals surface area (Å²) in [6, 6.07) is 13.7. The van der Waals surface area contributed by atoms with Crippen LogP contribution in [-0.4, -0.2) is 102 Å². The average Bonchev–Trinajstić information content (AvgIpc) is 4.14. The van der Waals surface area contributed by atoms with E-state index in [0.29, 0.717) is 37.1 Å². The van der Waals surface area contributed by atoms with Gasteiger partial charge in [0.1, 0.15) is 22.7 Å². The molecule has 16 nitrogen and oxygen atoms in total. The number of nitriles is 2. The highest BCUT2D eigenvalue weighted by Gasteiger charge is 2.30. The number of hydrogen-bond acceptors (Lipinski definition) is 14.